The zero-order valence-corrected chi connectivity index (χ0v) is 16.6. The van der Waals surface area contributed by atoms with Gasteiger partial charge in [0, 0.05) is 6.04 Å². The summed E-state index contributed by atoms with van der Waals surface area (Å²) in [6, 6.07) is 5.77. The van der Waals surface area contributed by atoms with Crippen molar-refractivity contribution in [3.05, 3.63) is 34.9 Å². The average molecular weight is 399 g/mol. The average Bonchev–Trinajstić information content (AvgIpc) is 2.73. The van der Waals surface area contributed by atoms with Gasteiger partial charge in [-0.2, -0.15) is 4.98 Å². The summed E-state index contributed by atoms with van der Waals surface area (Å²) in [7, 11) is 0. The van der Waals surface area contributed by atoms with Crippen LogP contribution in [0.3, 0.4) is 0 Å². The summed E-state index contributed by atoms with van der Waals surface area (Å²) in [5.74, 6) is 2.96. The number of fused-ring (bicyclic) bond motifs is 2. The van der Waals surface area contributed by atoms with Gasteiger partial charge in [0.05, 0.1) is 12.8 Å². The molecule has 8 nitrogen and oxygen atoms in total. The molecule has 0 atom stereocenters. The lowest BCUT2D eigenvalue weighted by Gasteiger charge is -2.30. The van der Waals surface area contributed by atoms with E-state index < -0.39 is 0 Å². The zero-order valence-electron chi connectivity index (χ0n) is 16.6. The molecule has 1 aliphatic heterocycles. The second-order valence-corrected chi connectivity index (χ2v) is 7.74. The maximum absolute atomic E-state index is 12.7. The number of nitrogens with zero attached hydrogens (tertiary/aromatic N) is 2. The SMILES string of the molecule is NCCCOc1cccc2c1Nc1nc(=O)n([C@H]3CC[C@H](CCN)CC3)cc1O2. The molecule has 0 spiro atoms. The number of rotatable bonds is 7. The molecule has 2 heterocycles. The molecule has 5 N–H and O–H groups in total. The van der Waals surface area contributed by atoms with E-state index in [1.54, 1.807) is 10.8 Å². The molecule has 1 aliphatic carbocycles. The van der Waals surface area contributed by atoms with Crippen molar-refractivity contribution in [2.75, 3.05) is 25.0 Å². The van der Waals surface area contributed by atoms with Crippen LogP contribution >= 0.6 is 0 Å². The van der Waals surface area contributed by atoms with Crippen LogP contribution in [-0.2, 0) is 0 Å². The first kappa shape index (κ1) is 19.7. The highest BCUT2D eigenvalue weighted by Gasteiger charge is 2.27. The van der Waals surface area contributed by atoms with E-state index in [4.69, 9.17) is 20.9 Å². The Kier molecular flexibility index (Phi) is 6.01. The Balaban J connectivity index is 1.53. The first-order valence-corrected chi connectivity index (χ1v) is 10.4. The van der Waals surface area contributed by atoms with Gasteiger partial charge in [0.1, 0.15) is 11.4 Å². The molecule has 0 unspecified atom stereocenters. The zero-order chi connectivity index (χ0) is 20.2. The Morgan fingerprint density at radius 3 is 2.76 bits per heavy atom. The number of anilines is 2. The van der Waals surface area contributed by atoms with Crippen LogP contribution in [0.2, 0.25) is 0 Å². The Bertz CT molecular complexity index is 906. The molecule has 1 saturated carbocycles. The largest absolute Gasteiger partial charge is 0.491 e. The summed E-state index contributed by atoms with van der Waals surface area (Å²) in [4.78, 5) is 17.0. The van der Waals surface area contributed by atoms with Crippen molar-refractivity contribution in [2.45, 2.75) is 44.6 Å². The van der Waals surface area contributed by atoms with Crippen molar-refractivity contribution in [3.8, 4) is 17.2 Å². The van der Waals surface area contributed by atoms with E-state index in [-0.39, 0.29) is 11.7 Å². The minimum absolute atomic E-state index is 0.158. The van der Waals surface area contributed by atoms with Gasteiger partial charge >= 0.3 is 5.69 Å². The molecule has 4 rings (SSSR count). The Morgan fingerprint density at radius 2 is 2.00 bits per heavy atom. The molecule has 1 fully saturated rings. The second kappa shape index (κ2) is 8.84. The summed E-state index contributed by atoms with van der Waals surface area (Å²) in [5, 5.41) is 3.21. The third-order valence-electron chi connectivity index (χ3n) is 5.76. The Morgan fingerprint density at radius 1 is 1.17 bits per heavy atom. The van der Waals surface area contributed by atoms with Crippen molar-refractivity contribution < 1.29 is 9.47 Å². The number of aromatic nitrogens is 2. The third-order valence-corrected chi connectivity index (χ3v) is 5.76. The maximum Gasteiger partial charge on any atom is 0.350 e. The fourth-order valence-corrected chi connectivity index (χ4v) is 4.17. The van der Waals surface area contributed by atoms with Crippen LogP contribution in [0, 0.1) is 5.92 Å². The van der Waals surface area contributed by atoms with Crippen LogP contribution in [0.1, 0.15) is 44.6 Å². The van der Waals surface area contributed by atoms with E-state index >= 15 is 0 Å². The molecule has 0 saturated heterocycles. The van der Waals surface area contributed by atoms with Gasteiger partial charge in [-0.3, -0.25) is 4.57 Å². The first-order valence-electron chi connectivity index (χ1n) is 10.4. The van der Waals surface area contributed by atoms with Crippen LogP contribution in [0.25, 0.3) is 0 Å². The molecule has 1 aromatic heterocycles. The highest BCUT2D eigenvalue weighted by molar-refractivity contribution is 5.77. The van der Waals surface area contributed by atoms with E-state index in [1.807, 2.05) is 18.2 Å². The summed E-state index contributed by atoms with van der Waals surface area (Å²) >= 11 is 0. The van der Waals surface area contributed by atoms with Gasteiger partial charge in [-0.05, 0) is 69.7 Å². The highest BCUT2D eigenvalue weighted by atomic mass is 16.5. The van der Waals surface area contributed by atoms with Gasteiger partial charge in [0.15, 0.2) is 17.3 Å². The predicted molar refractivity (Wildman–Crippen MR) is 112 cm³/mol. The number of hydrogen-bond donors (Lipinski definition) is 3. The van der Waals surface area contributed by atoms with Gasteiger partial charge in [-0.15, -0.1) is 0 Å². The summed E-state index contributed by atoms with van der Waals surface area (Å²) in [6.45, 7) is 1.81. The van der Waals surface area contributed by atoms with Crippen molar-refractivity contribution in [2.24, 2.45) is 17.4 Å². The topological polar surface area (TPSA) is 117 Å². The van der Waals surface area contributed by atoms with E-state index in [2.05, 4.69) is 10.3 Å². The number of benzene rings is 1. The van der Waals surface area contributed by atoms with Gasteiger partial charge in [-0.1, -0.05) is 6.07 Å². The van der Waals surface area contributed by atoms with E-state index in [0.29, 0.717) is 47.8 Å². The van der Waals surface area contributed by atoms with Crippen molar-refractivity contribution in [3.63, 3.8) is 0 Å². The van der Waals surface area contributed by atoms with Gasteiger partial charge in [-0.25, -0.2) is 4.79 Å². The number of ether oxygens (including phenoxy) is 2. The van der Waals surface area contributed by atoms with Crippen LogP contribution in [0.15, 0.2) is 29.2 Å². The van der Waals surface area contributed by atoms with E-state index in [0.717, 1.165) is 45.1 Å². The molecule has 1 aromatic carbocycles. The van der Waals surface area contributed by atoms with Crippen molar-refractivity contribution in [1.29, 1.82) is 0 Å². The molecule has 156 valence electrons. The standard InChI is InChI=1S/C21H29N5O3/c22-10-2-12-28-16-3-1-4-17-19(16)24-20-18(29-17)13-26(21(27)25-20)15-7-5-14(6-8-15)9-11-23/h1,3-4,13-15H,2,5-12,22-23H2,(H,24,25,27)/t14-,15-. The fourth-order valence-electron chi connectivity index (χ4n) is 4.17. The van der Waals surface area contributed by atoms with Gasteiger partial charge < -0.3 is 26.3 Å². The number of para-hydroxylation sites is 1. The smallest absolute Gasteiger partial charge is 0.350 e. The molecular weight excluding hydrogens is 370 g/mol. The highest BCUT2D eigenvalue weighted by Crippen LogP contribution is 2.45. The normalized spacial score (nSPS) is 20.2. The molecule has 2 aromatic rings. The lowest BCUT2D eigenvalue weighted by molar-refractivity contribution is 0.259. The maximum atomic E-state index is 12.7. The number of nitrogens with one attached hydrogen (secondary N) is 1. The van der Waals surface area contributed by atoms with Gasteiger partial charge in [0.2, 0.25) is 0 Å². The molecule has 0 amide bonds. The third kappa shape index (κ3) is 4.23. The predicted octanol–water partition coefficient (Wildman–Crippen LogP) is 2.90. The van der Waals surface area contributed by atoms with E-state index in [1.165, 1.54) is 0 Å². The van der Waals surface area contributed by atoms with Gasteiger partial charge in [0.25, 0.3) is 0 Å². The lowest BCUT2D eigenvalue weighted by atomic mass is 9.84. The first-order chi connectivity index (χ1) is 14.2. The lowest BCUT2D eigenvalue weighted by Crippen LogP contribution is -2.30. The monoisotopic (exact) mass is 399 g/mol. The minimum Gasteiger partial charge on any atom is -0.491 e. The quantitative estimate of drug-likeness (QED) is 0.523. The molecular formula is C21H29N5O3. The van der Waals surface area contributed by atoms with Crippen LogP contribution < -0.4 is 31.9 Å². The molecule has 2 aliphatic rings. The molecule has 0 bridgehead atoms. The number of hydrogen-bond acceptors (Lipinski definition) is 7. The summed E-state index contributed by atoms with van der Waals surface area (Å²) in [6.07, 6.45) is 7.73. The fraction of sp³-hybridized carbons (Fsp3) is 0.524. The van der Waals surface area contributed by atoms with Crippen molar-refractivity contribution >= 4 is 11.5 Å². The van der Waals surface area contributed by atoms with Crippen LogP contribution in [0.5, 0.6) is 17.2 Å². The number of nitrogens with two attached hydrogens (primary N) is 2. The minimum atomic E-state index is -0.257. The second-order valence-electron chi connectivity index (χ2n) is 7.74. The molecule has 29 heavy (non-hydrogen) atoms. The van der Waals surface area contributed by atoms with Crippen LogP contribution in [-0.4, -0.2) is 29.2 Å². The Labute approximate surface area is 170 Å². The Hall–Kier alpha value is -2.58. The summed E-state index contributed by atoms with van der Waals surface area (Å²) in [5.41, 5.74) is 11.6. The molecule has 8 heteroatoms. The van der Waals surface area contributed by atoms with E-state index in [9.17, 15) is 4.79 Å². The van der Waals surface area contributed by atoms with Crippen LogP contribution in [0.4, 0.5) is 11.5 Å². The molecule has 0 radical (unpaired) electrons. The van der Waals surface area contributed by atoms with Crippen molar-refractivity contribution in [1.82, 2.24) is 9.55 Å². The summed E-state index contributed by atoms with van der Waals surface area (Å²) < 4.78 is 13.6.